The molecule has 0 aliphatic carbocycles. The van der Waals surface area contributed by atoms with Crippen molar-refractivity contribution >= 4 is 17.9 Å². The van der Waals surface area contributed by atoms with E-state index in [-0.39, 0.29) is 31.1 Å². The van der Waals surface area contributed by atoms with Gasteiger partial charge in [-0.15, -0.1) is 0 Å². The van der Waals surface area contributed by atoms with Gasteiger partial charge in [0, 0.05) is 19.3 Å². The van der Waals surface area contributed by atoms with Gasteiger partial charge in [-0.25, -0.2) is 0 Å². The van der Waals surface area contributed by atoms with Crippen LogP contribution in [0.4, 0.5) is 0 Å². The summed E-state index contributed by atoms with van der Waals surface area (Å²) in [5.74, 6) is -0.938. The minimum absolute atomic E-state index is 0.0919. The molecule has 6 heteroatoms. The highest BCUT2D eigenvalue weighted by Crippen LogP contribution is 2.14. The number of hydrogen-bond donors (Lipinski definition) is 0. The molecule has 6 nitrogen and oxygen atoms in total. The van der Waals surface area contributed by atoms with Crippen LogP contribution in [0.5, 0.6) is 0 Å². The fraction of sp³-hybridized carbons (Fsp3) is 0.722. The number of allylic oxidation sites excluding steroid dienone is 12. The standard InChI is InChI=1S/C54H92O6/c1-4-7-10-13-16-19-22-24-26-27-28-30-32-35-38-41-44-47-53(56)59-50-51(49-58-52(55)46-43-40-37-34-31-21-18-15-12-9-6-3)60-54(57)48-45-42-39-36-33-29-25-23-20-17-14-11-8-5-2/h8,11,15-21,24,26,31,51H,4-7,9-10,12-14,22-23,25,27-30,32-50H2,1-3H3/b11-8-,18-15-,19-16-,20-17-,26-24-,31-21-. The Morgan fingerprint density at radius 2 is 0.717 bits per heavy atom. The Hall–Kier alpha value is -3.15. The lowest BCUT2D eigenvalue weighted by Crippen LogP contribution is -2.30. The minimum Gasteiger partial charge on any atom is -0.462 e. The molecule has 0 radical (unpaired) electrons. The summed E-state index contributed by atoms with van der Waals surface area (Å²) in [7, 11) is 0. The lowest BCUT2D eigenvalue weighted by Gasteiger charge is -2.18. The Balaban J connectivity index is 4.41. The van der Waals surface area contributed by atoms with E-state index >= 15 is 0 Å². The summed E-state index contributed by atoms with van der Waals surface area (Å²) in [5, 5.41) is 0. The predicted molar refractivity (Wildman–Crippen MR) is 256 cm³/mol. The first kappa shape index (κ1) is 56.9. The van der Waals surface area contributed by atoms with Gasteiger partial charge in [0.25, 0.3) is 0 Å². The van der Waals surface area contributed by atoms with Gasteiger partial charge < -0.3 is 14.2 Å². The monoisotopic (exact) mass is 837 g/mol. The Morgan fingerprint density at radius 3 is 1.17 bits per heavy atom. The van der Waals surface area contributed by atoms with E-state index < -0.39 is 6.10 Å². The first-order chi connectivity index (χ1) is 29.5. The van der Waals surface area contributed by atoms with Crippen molar-refractivity contribution in [1.29, 1.82) is 0 Å². The molecule has 0 aromatic rings. The third-order valence-electron chi connectivity index (χ3n) is 10.4. The summed E-state index contributed by atoms with van der Waals surface area (Å²) >= 11 is 0. The number of hydrogen-bond acceptors (Lipinski definition) is 6. The molecular formula is C54H92O6. The van der Waals surface area contributed by atoms with Gasteiger partial charge in [-0.2, -0.15) is 0 Å². The van der Waals surface area contributed by atoms with E-state index in [9.17, 15) is 14.4 Å². The SMILES string of the molecule is CC/C=C\C/C=C\CCCCCCCCCC(=O)OC(COC(=O)CCCCC/C=C\C=C/CCCC)COC(=O)CCCCCCCCC/C=C\C/C=C\CCCCC. The van der Waals surface area contributed by atoms with E-state index in [1.54, 1.807) is 0 Å². The molecule has 0 heterocycles. The average molecular weight is 837 g/mol. The quantitative estimate of drug-likeness (QED) is 0.0200. The number of carbonyl (C=O) groups excluding carboxylic acids is 3. The average Bonchev–Trinajstić information content (AvgIpc) is 3.24. The molecule has 0 rings (SSSR count). The largest absolute Gasteiger partial charge is 0.462 e. The Kier molecular flexibility index (Phi) is 46.0. The zero-order chi connectivity index (χ0) is 43.7. The van der Waals surface area contributed by atoms with E-state index in [2.05, 4.69) is 93.7 Å². The zero-order valence-corrected chi connectivity index (χ0v) is 39.2. The van der Waals surface area contributed by atoms with Crippen LogP contribution < -0.4 is 0 Å². The van der Waals surface area contributed by atoms with Gasteiger partial charge in [0.1, 0.15) is 13.2 Å². The van der Waals surface area contributed by atoms with Crippen molar-refractivity contribution in [2.45, 2.75) is 239 Å². The molecule has 0 N–H and O–H groups in total. The fourth-order valence-electron chi connectivity index (χ4n) is 6.66. The van der Waals surface area contributed by atoms with Crippen molar-refractivity contribution in [1.82, 2.24) is 0 Å². The van der Waals surface area contributed by atoms with E-state index in [0.717, 1.165) is 103 Å². The molecule has 0 bridgehead atoms. The van der Waals surface area contributed by atoms with Crippen molar-refractivity contribution in [2.75, 3.05) is 13.2 Å². The summed E-state index contributed by atoms with van der Waals surface area (Å²) < 4.78 is 16.7. The molecule has 0 amide bonds. The van der Waals surface area contributed by atoms with Crippen molar-refractivity contribution in [2.24, 2.45) is 0 Å². The molecule has 0 aliphatic heterocycles. The normalized spacial score (nSPS) is 12.7. The highest BCUT2D eigenvalue weighted by Gasteiger charge is 2.19. The second-order valence-electron chi connectivity index (χ2n) is 16.4. The summed E-state index contributed by atoms with van der Waals surface area (Å²) in [6.07, 6.45) is 60.3. The molecule has 0 spiro atoms. The number of unbranched alkanes of at least 4 members (excludes halogenated alkanes) is 22. The van der Waals surface area contributed by atoms with Crippen LogP contribution in [0, 0.1) is 0 Å². The van der Waals surface area contributed by atoms with Crippen molar-refractivity contribution < 1.29 is 28.6 Å². The van der Waals surface area contributed by atoms with E-state index in [1.165, 1.54) is 89.9 Å². The Labute approximate surface area is 370 Å². The molecule has 1 atom stereocenters. The summed E-state index contributed by atoms with van der Waals surface area (Å²) in [4.78, 5) is 37.9. The van der Waals surface area contributed by atoms with Crippen molar-refractivity contribution in [3.63, 3.8) is 0 Å². The molecule has 0 aromatic carbocycles. The van der Waals surface area contributed by atoms with Crippen LogP contribution in [-0.2, 0) is 28.6 Å². The molecule has 0 aliphatic rings. The summed E-state index contributed by atoms with van der Waals surface area (Å²) in [6.45, 7) is 6.41. The van der Waals surface area contributed by atoms with Gasteiger partial charge in [-0.1, -0.05) is 190 Å². The number of carbonyl (C=O) groups is 3. The van der Waals surface area contributed by atoms with Gasteiger partial charge in [-0.05, 0) is 96.3 Å². The first-order valence-electron chi connectivity index (χ1n) is 25.0. The lowest BCUT2D eigenvalue weighted by molar-refractivity contribution is -0.167. The van der Waals surface area contributed by atoms with Crippen LogP contribution in [0.3, 0.4) is 0 Å². The zero-order valence-electron chi connectivity index (χ0n) is 39.2. The van der Waals surface area contributed by atoms with Crippen LogP contribution >= 0.6 is 0 Å². The van der Waals surface area contributed by atoms with Crippen molar-refractivity contribution in [3.8, 4) is 0 Å². The number of esters is 3. The van der Waals surface area contributed by atoms with E-state index in [1.807, 2.05) is 0 Å². The maximum atomic E-state index is 12.8. The van der Waals surface area contributed by atoms with Crippen LogP contribution in [-0.4, -0.2) is 37.2 Å². The number of rotatable bonds is 44. The molecule has 0 fully saturated rings. The van der Waals surface area contributed by atoms with Crippen LogP contribution in [0.1, 0.15) is 233 Å². The first-order valence-corrected chi connectivity index (χ1v) is 25.0. The van der Waals surface area contributed by atoms with Gasteiger partial charge in [0.15, 0.2) is 6.10 Å². The third kappa shape index (κ3) is 45.9. The van der Waals surface area contributed by atoms with E-state index in [4.69, 9.17) is 14.2 Å². The molecule has 60 heavy (non-hydrogen) atoms. The van der Waals surface area contributed by atoms with Crippen LogP contribution in [0.2, 0.25) is 0 Å². The third-order valence-corrected chi connectivity index (χ3v) is 10.4. The Bertz CT molecular complexity index is 1140. The van der Waals surface area contributed by atoms with Gasteiger partial charge >= 0.3 is 17.9 Å². The summed E-state index contributed by atoms with van der Waals surface area (Å²) in [6, 6.07) is 0. The highest BCUT2D eigenvalue weighted by atomic mass is 16.6. The lowest BCUT2D eigenvalue weighted by atomic mass is 10.1. The Morgan fingerprint density at radius 1 is 0.367 bits per heavy atom. The minimum atomic E-state index is -0.792. The van der Waals surface area contributed by atoms with Gasteiger partial charge in [-0.3, -0.25) is 14.4 Å². The predicted octanol–water partition coefficient (Wildman–Crippen LogP) is 16.3. The van der Waals surface area contributed by atoms with Crippen LogP contribution in [0.15, 0.2) is 72.9 Å². The van der Waals surface area contributed by atoms with Gasteiger partial charge in [0.05, 0.1) is 0 Å². The molecule has 1 unspecified atom stereocenters. The number of ether oxygens (including phenoxy) is 3. The van der Waals surface area contributed by atoms with Gasteiger partial charge in [0.2, 0.25) is 0 Å². The highest BCUT2D eigenvalue weighted by molar-refractivity contribution is 5.71. The molecule has 0 saturated carbocycles. The smallest absolute Gasteiger partial charge is 0.306 e. The molecule has 0 aromatic heterocycles. The second-order valence-corrected chi connectivity index (χ2v) is 16.4. The second kappa shape index (κ2) is 48.5. The topological polar surface area (TPSA) is 78.9 Å². The maximum Gasteiger partial charge on any atom is 0.306 e. The van der Waals surface area contributed by atoms with Crippen LogP contribution in [0.25, 0.3) is 0 Å². The fourth-order valence-corrected chi connectivity index (χ4v) is 6.66. The van der Waals surface area contributed by atoms with E-state index in [0.29, 0.717) is 19.3 Å². The molecule has 0 saturated heterocycles. The molecular weight excluding hydrogens is 745 g/mol. The maximum absolute atomic E-state index is 12.8. The summed E-state index contributed by atoms with van der Waals surface area (Å²) in [5.41, 5.74) is 0. The van der Waals surface area contributed by atoms with Crippen molar-refractivity contribution in [3.05, 3.63) is 72.9 Å². The molecule has 344 valence electrons.